The van der Waals surface area contributed by atoms with Gasteiger partial charge in [-0.05, 0) is 25.0 Å². The van der Waals surface area contributed by atoms with Crippen LogP contribution in [-0.4, -0.2) is 44.7 Å². The molecular weight excluding hydrogens is 396 g/mol. The van der Waals surface area contributed by atoms with E-state index in [0.29, 0.717) is 15.6 Å². The summed E-state index contributed by atoms with van der Waals surface area (Å²) in [6.07, 6.45) is 3.74. The molecule has 0 radical (unpaired) electrons. The SMILES string of the molecule is CCCCC(NC(=O)CCN1C(=O)C(=Cc2ccc(C)cc2)SC1=S)C(=O)O. The second-order valence-corrected chi connectivity index (χ2v) is 8.27. The number of thioether (sulfide) groups is 1. The fourth-order valence-electron chi connectivity index (χ4n) is 2.65. The summed E-state index contributed by atoms with van der Waals surface area (Å²) < 4.78 is 0.400. The highest BCUT2D eigenvalue weighted by atomic mass is 32.2. The quantitative estimate of drug-likeness (QED) is 0.471. The summed E-state index contributed by atoms with van der Waals surface area (Å²) in [5, 5.41) is 11.7. The number of aliphatic carboxylic acids is 1. The van der Waals surface area contributed by atoms with Crippen molar-refractivity contribution >= 4 is 52.2 Å². The van der Waals surface area contributed by atoms with Crippen molar-refractivity contribution < 1.29 is 19.5 Å². The van der Waals surface area contributed by atoms with Crippen LogP contribution in [0.4, 0.5) is 0 Å². The highest BCUT2D eigenvalue weighted by Gasteiger charge is 2.32. The highest BCUT2D eigenvalue weighted by Crippen LogP contribution is 2.32. The minimum atomic E-state index is -1.05. The van der Waals surface area contributed by atoms with Crippen molar-refractivity contribution in [3.8, 4) is 0 Å². The molecule has 2 rings (SSSR count). The third kappa shape index (κ3) is 6.17. The van der Waals surface area contributed by atoms with Crippen molar-refractivity contribution in [2.75, 3.05) is 6.54 Å². The van der Waals surface area contributed by atoms with E-state index in [4.69, 9.17) is 12.2 Å². The molecule has 1 heterocycles. The number of carboxylic acid groups (broad SMARTS) is 1. The number of aryl methyl sites for hydroxylation is 1. The molecule has 6 nitrogen and oxygen atoms in total. The zero-order valence-electron chi connectivity index (χ0n) is 15.9. The van der Waals surface area contributed by atoms with Crippen molar-refractivity contribution in [2.24, 2.45) is 0 Å². The topological polar surface area (TPSA) is 86.7 Å². The fourth-order valence-corrected chi connectivity index (χ4v) is 3.96. The summed E-state index contributed by atoms with van der Waals surface area (Å²) in [6.45, 7) is 4.08. The summed E-state index contributed by atoms with van der Waals surface area (Å²) in [5.74, 6) is -1.68. The molecular formula is C20H24N2O4S2. The molecule has 0 spiro atoms. The number of benzene rings is 1. The average Bonchev–Trinajstić information content (AvgIpc) is 2.91. The number of carbonyl (C=O) groups is 3. The third-order valence-electron chi connectivity index (χ3n) is 4.29. The van der Waals surface area contributed by atoms with E-state index < -0.39 is 17.9 Å². The molecule has 0 aliphatic carbocycles. The molecule has 1 aromatic carbocycles. The molecule has 1 saturated heterocycles. The number of nitrogens with zero attached hydrogens (tertiary/aromatic N) is 1. The van der Waals surface area contributed by atoms with Crippen molar-refractivity contribution in [3.05, 3.63) is 40.3 Å². The minimum absolute atomic E-state index is 0.000155. The maximum Gasteiger partial charge on any atom is 0.326 e. The van der Waals surface area contributed by atoms with Gasteiger partial charge >= 0.3 is 5.97 Å². The maximum absolute atomic E-state index is 12.6. The van der Waals surface area contributed by atoms with Crippen LogP contribution in [0, 0.1) is 6.92 Å². The molecule has 0 bridgehead atoms. The van der Waals surface area contributed by atoms with E-state index in [9.17, 15) is 19.5 Å². The molecule has 1 aromatic rings. The lowest BCUT2D eigenvalue weighted by atomic mass is 10.1. The maximum atomic E-state index is 12.6. The van der Waals surface area contributed by atoms with Crippen LogP contribution >= 0.6 is 24.0 Å². The summed E-state index contributed by atoms with van der Waals surface area (Å²) in [5.41, 5.74) is 2.04. The monoisotopic (exact) mass is 420 g/mol. The molecule has 8 heteroatoms. The van der Waals surface area contributed by atoms with Crippen LogP contribution in [0.3, 0.4) is 0 Å². The van der Waals surface area contributed by atoms with E-state index in [-0.39, 0.29) is 18.9 Å². The van der Waals surface area contributed by atoms with E-state index in [1.807, 2.05) is 38.1 Å². The number of hydrogen-bond acceptors (Lipinski definition) is 5. The van der Waals surface area contributed by atoms with Gasteiger partial charge < -0.3 is 10.4 Å². The minimum Gasteiger partial charge on any atom is -0.480 e. The van der Waals surface area contributed by atoms with Crippen LogP contribution in [0.1, 0.15) is 43.7 Å². The predicted octanol–water partition coefficient (Wildman–Crippen LogP) is 3.35. The highest BCUT2D eigenvalue weighted by molar-refractivity contribution is 8.26. The van der Waals surface area contributed by atoms with Crippen molar-refractivity contribution in [1.29, 1.82) is 0 Å². The Kier molecular flexibility index (Phi) is 8.19. The number of unbranched alkanes of at least 4 members (excludes halogenated alkanes) is 1. The zero-order valence-corrected chi connectivity index (χ0v) is 17.6. The number of nitrogens with one attached hydrogen (secondary N) is 1. The normalized spacial score (nSPS) is 16.5. The molecule has 0 saturated carbocycles. The van der Waals surface area contributed by atoms with E-state index >= 15 is 0 Å². The largest absolute Gasteiger partial charge is 0.480 e. The molecule has 1 unspecified atom stereocenters. The first kappa shape index (κ1) is 22.1. The summed E-state index contributed by atoms with van der Waals surface area (Å²) in [4.78, 5) is 37.9. The van der Waals surface area contributed by atoms with Gasteiger partial charge in [-0.2, -0.15) is 0 Å². The van der Waals surface area contributed by atoms with Gasteiger partial charge in [0.2, 0.25) is 5.91 Å². The van der Waals surface area contributed by atoms with Gasteiger partial charge in [0.25, 0.3) is 5.91 Å². The van der Waals surface area contributed by atoms with Crippen LogP contribution in [-0.2, 0) is 14.4 Å². The van der Waals surface area contributed by atoms with Gasteiger partial charge in [0.05, 0.1) is 4.91 Å². The Morgan fingerprint density at radius 1 is 1.32 bits per heavy atom. The Balaban J connectivity index is 1.94. The van der Waals surface area contributed by atoms with Gasteiger partial charge in [-0.3, -0.25) is 14.5 Å². The van der Waals surface area contributed by atoms with Crippen LogP contribution in [0.15, 0.2) is 29.2 Å². The van der Waals surface area contributed by atoms with Gasteiger partial charge in [-0.25, -0.2) is 4.79 Å². The lowest BCUT2D eigenvalue weighted by Crippen LogP contribution is -2.42. The van der Waals surface area contributed by atoms with Gasteiger partial charge in [0.1, 0.15) is 10.4 Å². The van der Waals surface area contributed by atoms with Crippen LogP contribution in [0.25, 0.3) is 6.08 Å². The Morgan fingerprint density at radius 3 is 2.61 bits per heavy atom. The second kappa shape index (κ2) is 10.4. The van der Waals surface area contributed by atoms with Crippen molar-refractivity contribution in [1.82, 2.24) is 10.2 Å². The second-order valence-electron chi connectivity index (χ2n) is 6.59. The Morgan fingerprint density at radius 2 is 2.00 bits per heavy atom. The third-order valence-corrected chi connectivity index (χ3v) is 5.67. The number of carboxylic acids is 1. The number of thiocarbonyl (C=S) groups is 1. The van der Waals surface area contributed by atoms with Crippen molar-refractivity contribution in [3.63, 3.8) is 0 Å². The van der Waals surface area contributed by atoms with Gasteiger partial charge in [-0.1, -0.05) is 73.6 Å². The molecule has 2 amide bonds. The van der Waals surface area contributed by atoms with E-state index in [1.54, 1.807) is 6.08 Å². The molecule has 0 aromatic heterocycles. The molecule has 1 aliphatic heterocycles. The summed E-state index contributed by atoms with van der Waals surface area (Å²) in [7, 11) is 0. The Labute approximate surface area is 174 Å². The number of hydrogen-bond donors (Lipinski definition) is 2. The van der Waals surface area contributed by atoms with Crippen LogP contribution < -0.4 is 5.32 Å². The van der Waals surface area contributed by atoms with Gasteiger partial charge in [0.15, 0.2) is 0 Å². The van der Waals surface area contributed by atoms with E-state index in [0.717, 1.165) is 24.0 Å². The lowest BCUT2D eigenvalue weighted by Gasteiger charge is -2.17. The molecule has 2 N–H and O–H groups in total. The van der Waals surface area contributed by atoms with Crippen LogP contribution in [0.5, 0.6) is 0 Å². The van der Waals surface area contributed by atoms with E-state index in [1.165, 1.54) is 16.7 Å². The van der Waals surface area contributed by atoms with E-state index in [2.05, 4.69) is 5.32 Å². The molecule has 28 heavy (non-hydrogen) atoms. The molecule has 1 atom stereocenters. The molecule has 1 fully saturated rings. The number of carbonyl (C=O) groups excluding carboxylic acids is 2. The number of rotatable bonds is 9. The zero-order chi connectivity index (χ0) is 20.7. The van der Waals surface area contributed by atoms with Gasteiger partial charge in [0, 0.05) is 13.0 Å². The average molecular weight is 421 g/mol. The lowest BCUT2D eigenvalue weighted by molar-refractivity contribution is -0.142. The van der Waals surface area contributed by atoms with Crippen LogP contribution in [0.2, 0.25) is 0 Å². The summed E-state index contributed by atoms with van der Waals surface area (Å²) in [6, 6.07) is 6.89. The Hall–Kier alpha value is -2.19. The first-order chi connectivity index (χ1) is 13.3. The predicted molar refractivity (Wildman–Crippen MR) is 115 cm³/mol. The fraction of sp³-hybridized carbons (Fsp3) is 0.400. The summed E-state index contributed by atoms with van der Waals surface area (Å²) >= 11 is 6.48. The molecule has 150 valence electrons. The van der Waals surface area contributed by atoms with Gasteiger partial charge in [-0.15, -0.1) is 0 Å². The standard InChI is InChI=1S/C20H24N2O4S2/c1-3-4-5-15(19(25)26)21-17(23)10-11-22-18(24)16(28-20(22)27)12-14-8-6-13(2)7-9-14/h6-9,12,15H,3-5,10-11H2,1-2H3,(H,21,23)(H,25,26). The molecule has 1 aliphatic rings. The first-order valence-corrected chi connectivity index (χ1v) is 10.4. The number of amides is 2. The first-order valence-electron chi connectivity index (χ1n) is 9.16. The Bertz CT molecular complexity index is 790. The smallest absolute Gasteiger partial charge is 0.326 e. The van der Waals surface area contributed by atoms with Crippen molar-refractivity contribution in [2.45, 2.75) is 45.6 Å².